The molecule has 0 radical (unpaired) electrons. The summed E-state index contributed by atoms with van der Waals surface area (Å²) in [7, 11) is 0. The van der Waals surface area contributed by atoms with Crippen LogP contribution in [0, 0.1) is 0 Å². The lowest BCUT2D eigenvalue weighted by Gasteiger charge is -2.05. The average Bonchev–Trinajstić information content (AvgIpc) is 2.79. The van der Waals surface area contributed by atoms with Gasteiger partial charge in [0, 0.05) is 10.6 Å². The molecule has 2 N–H and O–H groups in total. The van der Waals surface area contributed by atoms with E-state index in [9.17, 15) is 0 Å². The van der Waals surface area contributed by atoms with Gasteiger partial charge in [0.1, 0.15) is 10.5 Å². The zero-order valence-electron chi connectivity index (χ0n) is 9.45. The summed E-state index contributed by atoms with van der Waals surface area (Å²) in [6, 6.07) is 9.03. The molecule has 0 bridgehead atoms. The van der Waals surface area contributed by atoms with Crippen molar-refractivity contribution in [3.05, 3.63) is 45.4 Å². The van der Waals surface area contributed by atoms with Gasteiger partial charge in [0.05, 0.1) is 20.4 Å². The van der Waals surface area contributed by atoms with Crippen molar-refractivity contribution in [2.24, 2.45) is 0 Å². The van der Waals surface area contributed by atoms with Gasteiger partial charge in [0.25, 0.3) is 0 Å². The predicted octanol–water partition coefficient (Wildman–Crippen LogP) is 5.51. The van der Waals surface area contributed by atoms with Crippen LogP contribution in [0.4, 0.5) is 5.69 Å². The molecule has 96 valence electrons. The highest BCUT2D eigenvalue weighted by atomic mass is 35.5. The smallest absolute Gasteiger partial charge is 0.126 e. The first-order chi connectivity index (χ1) is 9.06. The van der Waals surface area contributed by atoms with E-state index in [2.05, 4.69) is 4.98 Å². The van der Waals surface area contributed by atoms with E-state index in [0.29, 0.717) is 20.8 Å². The molecular formula is C13H7Cl3N2S. The number of hydrogen-bond acceptors (Lipinski definition) is 3. The minimum absolute atomic E-state index is 0.424. The van der Waals surface area contributed by atoms with Crippen LogP contribution in [-0.2, 0) is 0 Å². The number of hydrogen-bond donors (Lipinski definition) is 1. The van der Waals surface area contributed by atoms with Crippen molar-refractivity contribution in [1.29, 1.82) is 0 Å². The summed E-state index contributed by atoms with van der Waals surface area (Å²) >= 11 is 19.7. The molecule has 0 unspecified atom stereocenters. The number of para-hydroxylation sites is 1. The van der Waals surface area contributed by atoms with Crippen molar-refractivity contribution in [3.8, 4) is 10.6 Å². The van der Waals surface area contributed by atoms with E-state index >= 15 is 0 Å². The molecule has 0 spiro atoms. The van der Waals surface area contributed by atoms with E-state index in [1.54, 1.807) is 12.1 Å². The van der Waals surface area contributed by atoms with Crippen LogP contribution in [-0.4, -0.2) is 4.98 Å². The van der Waals surface area contributed by atoms with Gasteiger partial charge in [0.15, 0.2) is 0 Å². The second-order valence-corrected chi connectivity index (χ2v) is 6.24. The summed E-state index contributed by atoms with van der Waals surface area (Å²) in [5, 5.41) is 2.32. The number of aromatic nitrogens is 1. The first kappa shape index (κ1) is 13.0. The van der Waals surface area contributed by atoms with Gasteiger partial charge in [-0.2, -0.15) is 0 Å². The molecule has 3 aromatic rings. The summed E-state index contributed by atoms with van der Waals surface area (Å²) in [6.45, 7) is 0. The van der Waals surface area contributed by atoms with E-state index in [0.717, 1.165) is 20.8 Å². The lowest BCUT2D eigenvalue weighted by Crippen LogP contribution is -1.91. The van der Waals surface area contributed by atoms with Crippen LogP contribution in [0.3, 0.4) is 0 Å². The van der Waals surface area contributed by atoms with Crippen LogP contribution in [0.2, 0.25) is 15.1 Å². The number of nitrogens with zero attached hydrogens (tertiary/aromatic N) is 1. The number of thiazole rings is 1. The molecule has 0 aliphatic carbocycles. The van der Waals surface area contributed by atoms with Crippen LogP contribution in [0.5, 0.6) is 0 Å². The number of nitrogens with two attached hydrogens (primary N) is 1. The molecule has 19 heavy (non-hydrogen) atoms. The first-order valence-corrected chi connectivity index (χ1v) is 7.31. The van der Waals surface area contributed by atoms with Crippen LogP contribution in [0.25, 0.3) is 20.8 Å². The normalized spacial score (nSPS) is 11.1. The predicted molar refractivity (Wildman–Crippen MR) is 84.5 cm³/mol. The SMILES string of the molecule is Nc1c(Cl)cc(Cl)cc1-c1nc2c(Cl)cccc2s1. The Bertz CT molecular complexity index is 783. The Labute approximate surface area is 128 Å². The van der Waals surface area contributed by atoms with Crippen molar-refractivity contribution < 1.29 is 0 Å². The molecule has 1 aromatic heterocycles. The maximum Gasteiger partial charge on any atom is 0.126 e. The highest BCUT2D eigenvalue weighted by Gasteiger charge is 2.13. The molecule has 0 saturated heterocycles. The van der Waals surface area contributed by atoms with Gasteiger partial charge in [0.2, 0.25) is 0 Å². The van der Waals surface area contributed by atoms with E-state index in [1.165, 1.54) is 11.3 Å². The zero-order chi connectivity index (χ0) is 13.6. The fourth-order valence-electron chi connectivity index (χ4n) is 1.79. The summed E-state index contributed by atoms with van der Waals surface area (Å²) in [4.78, 5) is 4.51. The molecule has 0 atom stereocenters. The molecule has 2 aromatic carbocycles. The molecule has 0 fully saturated rings. The maximum absolute atomic E-state index is 6.12. The summed E-state index contributed by atoms with van der Waals surface area (Å²) in [5.41, 5.74) is 7.95. The molecule has 3 rings (SSSR count). The number of benzene rings is 2. The Morgan fingerprint density at radius 2 is 1.84 bits per heavy atom. The molecule has 0 saturated carbocycles. The van der Waals surface area contributed by atoms with Crippen molar-refractivity contribution >= 4 is 62.0 Å². The second kappa shape index (κ2) is 4.84. The molecule has 0 aliphatic heterocycles. The third kappa shape index (κ3) is 2.28. The maximum atomic E-state index is 6.12. The zero-order valence-corrected chi connectivity index (χ0v) is 12.5. The molecule has 2 nitrogen and oxygen atoms in total. The van der Waals surface area contributed by atoms with Crippen molar-refractivity contribution in [2.45, 2.75) is 0 Å². The Hall–Kier alpha value is -1.000. The Balaban J connectivity index is 2.28. The third-order valence-corrected chi connectivity index (χ3v) is 4.58. The van der Waals surface area contributed by atoms with E-state index in [-0.39, 0.29) is 0 Å². The monoisotopic (exact) mass is 328 g/mol. The fourth-order valence-corrected chi connectivity index (χ4v) is 3.58. The van der Waals surface area contributed by atoms with Gasteiger partial charge in [-0.05, 0) is 24.3 Å². The molecule has 6 heteroatoms. The van der Waals surface area contributed by atoms with Gasteiger partial charge in [-0.25, -0.2) is 4.98 Å². The van der Waals surface area contributed by atoms with E-state index in [1.807, 2.05) is 18.2 Å². The Morgan fingerprint density at radius 1 is 1.05 bits per heavy atom. The number of anilines is 1. The van der Waals surface area contributed by atoms with Gasteiger partial charge >= 0.3 is 0 Å². The topological polar surface area (TPSA) is 38.9 Å². The number of fused-ring (bicyclic) bond motifs is 1. The fraction of sp³-hybridized carbons (Fsp3) is 0. The van der Waals surface area contributed by atoms with Crippen LogP contribution < -0.4 is 5.73 Å². The molecule has 1 heterocycles. The van der Waals surface area contributed by atoms with Gasteiger partial charge in [-0.3, -0.25) is 0 Å². The van der Waals surface area contributed by atoms with Gasteiger partial charge in [-0.1, -0.05) is 40.9 Å². The lowest BCUT2D eigenvalue weighted by molar-refractivity contribution is 1.48. The van der Waals surface area contributed by atoms with Crippen molar-refractivity contribution in [1.82, 2.24) is 4.98 Å². The number of halogens is 3. The minimum Gasteiger partial charge on any atom is -0.397 e. The molecule has 0 amide bonds. The Morgan fingerprint density at radius 3 is 2.58 bits per heavy atom. The van der Waals surface area contributed by atoms with Crippen molar-refractivity contribution in [3.63, 3.8) is 0 Å². The quantitative estimate of drug-likeness (QED) is 0.598. The van der Waals surface area contributed by atoms with Crippen LogP contribution in [0.15, 0.2) is 30.3 Å². The largest absolute Gasteiger partial charge is 0.397 e. The highest BCUT2D eigenvalue weighted by molar-refractivity contribution is 7.21. The molecular weight excluding hydrogens is 323 g/mol. The number of nitrogen functional groups attached to an aromatic ring is 1. The minimum atomic E-state index is 0.424. The van der Waals surface area contributed by atoms with Gasteiger partial charge < -0.3 is 5.73 Å². The van der Waals surface area contributed by atoms with Crippen LogP contribution in [0.1, 0.15) is 0 Å². The molecule has 0 aliphatic rings. The average molecular weight is 330 g/mol. The second-order valence-electron chi connectivity index (χ2n) is 3.95. The summed E-state index contributed by atoms with van der Waals surface area (Å²) < 4.78 is 0.998. The summed E-state index contributed by atoms with van der Waals surface area (Å²) in [6.07, 6.45) is 0. The lowest BCUT2D eigenvalue weighted by atomic mass is 10.2. The van der Waals surface area contributed by atoms with Crippen molar-refractivity contribution in [2.75, 3.05) is 5.73 Å². The Kier molecular flexibility index (Phi) is 3.31. The highest BCUT2D eigenvalue weighted by Crippen LogP contribution is 2.39. The first-order valence-electron chi connectivity index (χ1n) is 5.36. The number of rotatable bonds is 1. The van der Waals surface area contributed by atoms with Crippen LogP contribution >= 0.6 is 46.1 Å². The standard InChI is InChI=1S/C13H7Cl3N2S/c14-6-4-7(11(17)9(16)5-6)13-18-12-8(15)2-1-3-10(12)19-13/h1-5H,17H2. The summed E-state index contributed by atoms with van der Waals surface area (Å²) in [5.74, 6) is 0. The van der Waals surface area contributed by atoms with E-state index < -0.39 is 0 Å². The third-order valence-electron chi connectivity index (χ3n) is 2.69. The van der Waals surface area contributed by atoms with E-state index in [4.69, 9.17) is 40.5 Å². The van der Waals surface area contributed by atoms with Gasteiger partial charge in [-0.15, -0.1) is 11.3 Å².